The zero-order valence-corrected chi connectivity index (χ0v) is 22.3. The number of hydrogen-bond donors (Lipinski definition) is 0. The molecule has 5 aliphatic heterocycles. The predicted octanol–water partition coefficient (Wildman–Crippen LogP) is 6.04. The van der Waals surface area contributed by atoms with Gasteiger partial charge in [-0.3, -0.25) is 0 Å². The molecule has 5 rings (SSSR count). The molecule has 0 radical (unpaired) electrons. The third-order valence-corrected chi connectivity index (χ3v) is 10.5. The van der Waals surface area contributed by atoms with Crippen LogP contribution >= 0.6 is 0 Å². The molecule has 0 amide bonds. The van der Waals surface area contributed by atoms with Crippen LogP contribution in [0, 0.1) is 52.8 Å². The minimum Gasteiger partial charge on any atom is -0.381 e. The molecule has 5 heterocycles. The molecule has 0 spiro atoms. The van der Waals surface area contributed by atoms with Crippen LogP contribution in [0.1, 0.15) is 79.6 Å². The molecule has 0 aliphatic carbocycles. The largest absolute Gasteiger partial charge is 0.381 e. The van der Waals surface area contributed by atoms with Crippen molar-refractivity contribution in [2.24, 2.45) is 52.8 Å². The number of nitrogens with zero attached hydrogens (tertiary/aromatic N) is 2. The van der Waals surface area contributed by atoms with E-state index in [0.29, 0.717) is 5.41 Å². The van der Waals surface area contributed by atoms with Crippen molar-refractivity contribution in [3.63, 3.8) is 0 Å². The lowest BCUT2D eigenvalue weighted by molar-refractivity contribution is -0.0312. The SMILES string of the molecule is CC(CCC(C)C1CN2CCC1CC2)C1COCC(C2CCN(C)CC(C(C)(C)C)C2)C1. The standard InChI is InChI=1S/C29H54N2O/c1-21(7-8-22(2)28-18-31-13-10-23(28)11-14-31)25-15-26(20-32-19-25)24-9-12-30(6)17-27(16-24)29(3,4)5/h21-28H,7-20H2,1-6H3. The molecule has 7 atom stereocenters. The highest BCUT2D eigenvalue weighted by Gasteiger charge is 2.39. The fraction of sp³-hybridized carbons (Fsp3) is 1.00. The van der Waals surface area contributed by atoms with Gasteiger partial charge in [0.25, 0.3) is 0 Å². The van der Waals surface area contributed by atoms with Gasteiger partial charge in [-0.2, -0.15) is 0 Å². The predicted molar refractivity (Wildman–Crippen MR) is 136 cm³/mol. The van der Waals surface area contributed by atoms with Crippen molar-refractivity contribution >= 4 is 0 Å². The maximum Gasteiger partial charge on any atom is 0.0497 e. The van der Waals surface area contributed by atoms with Crippen LogP contribution in [0.5, 0.6) is 0 Å². The van der Waals surface area contributed by atoms with E-state index >= 15 is 0 Å². The van der Waals surface area contributed by atoms with Gasteiger partial charge in [0.1, 0.15) is 0 Å². The van der Waals surface area contributed by atoms with Crippen molar-refractivity contribution in [3.8, 4) is 0 Å². The third kappa shape index (κ3) is 6.11. The molecule has 5 saturated heterocycles. The summed E-state index contributed by atoms with van der Waals surface area (Å²) < 4.78 is 6.30. The van der Waals surface area contributed by atoms with Crippen LogP contribution in [0.3, 0.4) is 0 Å². The summed E-state index contributed by atoms with van der Waals surface area (Å²) in [7, 11) is 2.33. The molecule has 7 unspecified atom stereocenters. The first kappa shape index (κ1) is 25.0. The summed E-state index contributed by atoms with van der Waals surface area (Å²) in [5, 5.41) is 0. The maximum absolute atomic E-state index is 6.30. The Morgan fingerprint density at radius 3 is 2.16 bits per heavy atom. The van der Waals surface area contributed by atoms with E-state index in [2.05, 4.69) is 51.5 Å². The van der Waals surface area contributed by atoms with Gasteiger partial charge >= 0.3 is 0 Å². The van der Waals surface area contributed by atoms with E-state index in [1.807, 2.05) is 0 Å². The van der Waals surface area contributed by atoms with Gasteiger partial charge in [0, 0.05) is 26.3 Å². The van der Waals surface area contributed by atoms with E-state index in [-0.39, 0.29) is 0 Å². The fourth-order valence-electron chi connectivity index (χ4n) is 7.72. The van der Waals surface area contributed by atoms with Crippen molar-refractivity contribution < 1.29 is 4.74 Å². The van der Waals surface area contributed by atoms with Gasteiger partial charge in [-0.15, -0.1) is 0 Å². The molecular weight excluding hydrogens is 392 g/mol. The number of rotatable bonds is 6. The van der Waals surface area contributed by atoms with Crippen LogP contribution in [0.25, 0.3) is 0 Å². The van der Waals surface area contributed by atoms with Crippen LogP contribution < -0.4 is 0 Å². The van der Waals surface area contributed by atoms with Crippen molar-refractivity contribution in [1.82, 2.24) is 9.80 Å². The smallest absolute Gasteiger partial charge is 0.0497 e. The number of piperidine rings is 3. The molecule has 3 heteroatoms. The molecular formula is C29H54N2O. The normalized spacial score (nSPS) is 41.2. The van der Waals surface area contributed by atoms with Crippen molar-refractivity contribution in [2.75, 3.05) is 53.0 Å². The van der Waals surface area contributed by atoms with E-state index in [4.69, 9.17) is 4.74 Å². The Morgan fingerprint density at radius 1 is 0.812 bits per heavy atom. The van der Waals surface area contributed by atoms with Crippen LogP contribution in [0.15, 0.2) is 0 Å². The lowest BCUT2D eigenvalue weighted by Gasteiger charge is -2.47. The third-order valence-electron chi connectivity index (χ3n) is 10.5. The van der Waals surface area contributed by atoms with Crippen LogP contribution in [-0.2, 0) is 4.74 Å². The van der Waals surface area contributed by atoms with Crippen molar-refractivity contribution in [3.05, 3.63) is 0 Å². The van der Waals surface area contributed by atoms with E-state index in [0.717, 1.165) is 60.6 Å². The van der Waals surface area contributed by atoms with Gasteiger partial charge in [0.05, 0.1) is 0 Å². The van der Waals surface area contributed by atoms with E-state index in [9.17, 15) is 0 Å². The monoisotopic (exact) mass is 446 g/mol. The molecule has 2 bridgehead atoms. The second-order valence-corrected chi connectivity index (χ2v) is 13.7. The fourth-order valence-corrected chi connectivity index (χ4v) is 7.72. The minimum absolute atomic E-state index is 0.407. The Bertz CT molecular complexity index is 578. The molecule has 5 fully saturated rings. The molecule has 5 aliphatic rings. The Hall–Kier alpha value is -0.120. The highest BCUT2D eigenvalue weighted by molar-refractivity contribution is 4.90. The van der Waals surface area contributed by atoms with Gasteiger partial charge < -0.3 is 14.5 Å². The quantitative estimate of drug-likeness (QED) is 0.495. The summed E-state index contributed by atoms with van der Waals surface area (Å²) in [6.45, 7) is 21.2. The van der Waals surface area contributed by atoms with Crippen LogP contribution in [-0.4, -0.2) is 62.8 Å². The van der Waals surface area contributed by atoms with Crippen molar-refractivity contribution in [2.45, 2.75) is 79.6 Å². The zero-order chi connectivity index (χ0) is 22.9. The van der Waals surface area contributed by atoms with Gasteiger partial charge in [-0.05, 0) is 112 Å². The zero-order valence-electron chi connectivity index (χ0n) is 22.3. The number of ether oxygens (including phenoxy) is 1. The Kier molecular flexibility index (Phi) is 8.32. The summed E-state index contributed by atoms with van der Waals surface area (Å²) in [5.41, 5.74) is 0.407. The molecule has 0 saturated carbocycles. The minimum atomic E-state index is 0.407. The van der Waals surface area contributed by atoms with Gasteiger partial charge in [-0.25, -0.2) is 0 Å². The molecule has 0 aromatic heterocycles. The van der Waals surface area contributed by atoms with Crippen LogP contribution in [0.2, 0.25) is 0 Å². The summed E-state index contributed by atoms with van der Waals surface area (Å²) in [6, 6.07) is 0. The first-order valence-electron chi connectivity index (χ1n) is 14.2. The number of hydrogen-bond acceptors (Lipinski definition) is 3. The van der Waals surface area contributed by atoms with Crippen LogP contribution in [0.4, 0.5) is 0 Å². The van der Waals surface area contributed by atoms with E-state index in [1.165, 1.54) is 77.7 Å². The summed E-state index contributed by atoms with van der Waals surface area (Å²) in [5.74, 6) is 6.93. The lowest BCUT2D eigenvalue weighted by atomic mass is 9.69. The number of fused-ring (bicyclic) bond motifs is 3. The van der Waals surface area contributed by atoms with Gasteiger partial charge in [0.2, 0.25) is 0 Å². The first-order valence-corrected chi connectivity index (χ1v) is 14.2. The second-order valence-electron chi connectivity index (χ2n) is 13.7. The molecule has 0 N–H and O–H groups in total. The maximum atomic E-state index is 6.30. The summed E-state index contributed by atoms with van der Waals surface area (Å²) in [4.78, 5) is 5.33. The lowest BCUT2D eigenvalue weighted by Crippen LogP contribution is -2.49. The van der Waals surface area contributed by atoms with E-state index < -0.39 is 0 Å². The average molecular weight is 447 g/mol. The average Bonchev–Trinajstić information content (AvgIpc) is 3.00. The second kappa shape index (κ2) is 10.6. The summed E-state index contributed by atoms with van der Waals surface area (Å²) in [6.07, 6.45) is 9.96. The van der Waals surface area contributed by atoms with Gasteiger partial charge in [-0.1, -0.05) is 47.5 Å². The number of likely N-dealkylation sites (tertiary alicyclic amines) is 1. The van der Waals surface area contributed by atoms with E-state index in [1.54, 1.807) is 0 Å². The highest BCUT2D eigenvalue weighted by atomic mass is 16.5. The molecule has 32 heavy (non-hydrogen) atoms. The van der Waals surface area contributed by atoms with Crippen molar-refractivity contribution in [1.29, 1.82) is 0 Å². The molecule has 0 aromatic carbocycles. The summed E-state index contributed by atoms with van der Waals surface area (Å²) >= 11 is 0. The first-order chi connectivity index (χ1) is 15.2. The topological polar surface area (TPSA) is 15.7 Å². The van der Waals surface area contributed by atoms with Gasteiger partial charge in [0.15, 0.2) is 0 Å². The Labute approximate surface area is 200 Å². The molecule has 186 valence electrons. The Balaban J connectivity index is 1.28. The highest BCUT2D eigenvalue weighted by Crippen LogP contribution is 2.43. The molecule has 0 aromatic rings. The Morgan fingerprint density at radius 2 is 1.50 bits per heavy atom. The molecule has 3 nitrogen and oxygen atoms in total.